The van der Waals surface area contributed by atoms with Crippen molar-refractivity contribution < 1.29 is 0 Å². The smallest absolute Gasteiger partial charge is 0.228 e. The molecule has 0 radical (unpaired) electrons. The number of nitrogens with zero attached hydrogens (tertiary/aromatic N) is 4. The average Bonchev–Trinajstić information content (AvgIpc) is 2.45. The van der Waals surface area contributed by atoms with Gasteiger partial charge in [0.2, 0.25) is 17.2 Å². The topological polar surface area (TPSA) is 66.0 Å². The Hall–Kier alpha value is -1.14. The van der Waals surface area contributed by atoms with E-state index in [0.717, 1.165) is 13.1 Å². The molecule has 0 aromatic carbocycles. The molecule has 2 N–H and O–H groups in total. The Kier molecular flexibility index (Phi) is 5.15. The summed E-state index contributed by atoms with van der Waals surface area (Å²) < 4.78 is 0. The first kappa shape index (κ1) is 14.3. The van der Waals surface area contributed by atoms with E-state index >= 15 is 0 Å². The summed E-state index contributed by atoms with van der Waals surface area (Å²) in [6.07, 6.45) is 2.44. The van der Waals surface area contributed by atoms with Crippen LogP contribution in [0.5, 0.6) is 0 Å². The number of likely N-dealkylation sites (tertiary alicyclic amines) is 1. The second-order valence-corrected chi connectivity index (χ2v) is 5.10. The molecular formula is C12H21ClN6. The standard InChI is InChI=1S/C12H21ClN6/c1-3-19-6-4-9(5-7-19)8-15-12-17-10(13)16-11(14-2)18-12/h9H,3-8H2,1-2H3,(H2,14,15,16,17,18). The predicted molar refractivity (Wildman–Crippen MR) is 77.7 cm³/mol. The highest BCUT2D eigenvalue weighted by Crippen LogP contribution is 2.17. The highest BCUT2D eigenvalue weighted by atomic mass is 35.5. The van der Waals surface area contributed by atoms with Crippen LogP contribution in [0.15, 0.2) is 0 Å². The fourth-order valence-electron chi connectivity index (χ4n) is 2.28. The minimum atomic E-state index is 0.211. The summed E-state index contributed by atoms with van der Waals surface area (Å²) in [5.74, 6) is 1.71. The van der Waals surface area contributed by atoms with Crippen molar-refractivity contribution in [2.24, 2.45) is 5.92 Å². The minimum Gasteiger partial charge on any atom is -0.357 e. The molecule has 2 heterocycles. The van der Waals surface area contributed by atoms with Gasteiger partial charge in [-0.15, -0.1) is 0 Å². The highest BCUT2D eigenvalue weighted by Gasteiger charge is 2.18. The van der Waals surface area contributed by atoms with Gasteiger partial charge in [0, 0.05) is 13.6 Å². The normalized spacial score (nSPS) is 17.4. The van der Waals surface area contributed by atoms with E-state index in [4.69, 9.17) is 11.6 Å². The van der Waals surface area contributed by atoms with Crippen molar-refractivity contribution in [3.8, 4) is 0 Å². The van der Waals surface area contributed by atoms with Crippen LogP contribution < -0.4 is 10.6 Å². The van der Waals surface area contributed by atoms with E-state index in [1.807, 2.05) is 0 Å². The van der Waals surface area contributed by atoms with Crippen molar-refractivity contribution in [3.05, 3.63) is 5.28 Å². The van der Waals surface area contributed by atoms with Crippen LogP contribution in [-0.4, -0.2) is 53.1 Å². The summed E-state index contributed by atoms with van der Waals surface area (Å²) >= 11 is 5.84. The van der Waals surface area contributed by atoms with E-state index in [1.165, 1.54) is 25.9 Å². The third kappa shape index (κ3) is 4.18. The Morgan fingerprint density at radius 1 is 1.21 bits per heavy atom. The molecule has 2 rings (SSSR count). The number of nitrogens with one attached hydrogen (secondary N) is 2. The number of aromatic nitrogens is 3. The summed E-state index contributed by atoms with van der Waals surface area (Å²) in [7, 11) is 1.76. The molecule has 0 unspecified atom stereocenters. The molecule has 0 saturated carbocycles. The maximum atomic E-state index is 5.84. The van der Waals surface area contributed by atoms with Crippen LogP contribution in [0.2, 0.25) is 5.28 Å². The van der Waals surface area contributed by atoms with Gasteiger partial charge in [-0.3, -0.25) is 0 Å². The van der Waals surface area contributed by atoms with Crippen LogP contribution in [0.4, 0.5) is 11.9 Å². The van der Waals surface area contributed by atoms with Gasteiger partial charge in [0.05, 0.1) is 0 Å². The Balaban J connectivity index is 1.84. The molecule has 0 atom stereocenters. The maximum absolute atomic E-state index is 5.84. The average molecular weight is 285 g/mol. The maximum Gasteiger partial charge on any atom is 0.228 e. The number of piperidine rings is 1. The zero-order chi connectivity index (χ0) is 13.7. The molecule has 6 nitrogen and oxygen atoms in total. The van der Waals surface area contributed by atoms with Crippen LogP contribution in [0.3, 0.4) is 0 Å². The van der Waals surface area contributed by atoms with Crippen molar-refractivity contribution >= 4 is 23.5 Å². The van der Waals surface area contributed by atoms with Gasteiger partial charge in [0.15, 0.2) is 0 Å². The van der Waals surface area contributed by atoms with Gasteiger partial charge in [0.1, 0.15) is 0 Å². The first-order valence-electron chi connectivity index (χ1n) is 6.76. The van der Waals surface area contributed by atoms with E-state index < -0.39 is 0 Å². The van der Waals surface area contributed by atoms with Crippen molar-refractivity contribution in [2.45, 2.75) is 19.8 Å². The van der Waals surface area contributed by atoms with E-state index in [-0.39, 0.29) is 5.28 Å². The van der Waals surface area contributed by atoms with Crippen molar-refractivity contribution in [1.29, 1.82) is 0 Å². The van der Waals surface area contributed by atoms with E-state index in [2.05, 4.69) is 37.4 Å². The van der Waals surface area contributed by atoms with Crippen LogP contribution >= 0.6 is 11.6 Å². The van der Waals surface area contributed by atoms with Gasteiger partial charge in [-0.25, -0.2) is 0 Å². The Morgan fingerprint density at radius 2 is 1.89 bits per heavy atom. The van der Waals surface area contributed by atoms with Gasteiger partial charge in [-0.05, 0) is 50.0 Å². The number of anilines is 2. The predicted octanol–water partition coefficient (Wildman–Crippen LogP) is 1.71. The van der Waals surface area contributed by atoms with Gasteiger partial charge in [0.25, 0.3) is 0 Å². The monoisotopic (exact) mass is 284 g/mol. The molecule has 1 aliphatic rings. The second-order valence-electron chi connectivity index (χ2n) is 4.76. The molecule has 0 amide bonds. The van der Waals surface area contributed by atoms with Crippen molar-refractivity contribution in [1.82, 2.24) is 19.9 Å². The SMILES string of the molecule is CCN1CCC(CNc2nc(Cl)nc(NC)n2)CC1. The number of halogens is 1. The lowest BCUT2D eigenvalue weighted by molar-refractivity contribution is 0.198. The molecule has 0 spiro atoms. The summed E-state index contributed by atoms with van der Waals surface area (Å²) in [4.78, 5) is 14.7. The molecule has 0 bridgehead atoms. The summed E-state index contributed by atoms with van der Waals surface area (Å²) in [5.41, 5.74) is 0. The molecule has 1 aromatic heterocycles. The minimum absolute atomic E-state index is 0.211. The van der Waals surface area contributed by atoms with Crippen LogP contribution in [0.1, 0.15) is 19.8 Å². The third-order valence-electron chi connectivity index (χ3n) is 3.53. The fourth-order valence-corrected chi connectivity index (χ4v) is 2.44. The zero-order valence-corrected chi connectivity index (χ0v) is 12.2. The third-order valence-corrected chi connectivity index (χ3v) is 3.70. The van der Waals surface area contributed by atoms with E-state index in [0.29, 0.717) is 17.8 Å². The highest BCUT2D eigenvalue weighted by molar-refractivity contribution is 6.28. The summed E-state index contributed by atoms with van der Waals surface area (Å²) in [5, 5.41) is 6.33. The quantitative estimate of drug-likeness (QED) is 0.858. The molecule has 19 heavy (non-hydrogen) atoms. The molecule has 0 aliphatic carbocycles. The molecule has 1 aliphatic heterocycles. The van der Waals surface area contributed by atoms with Crippen LogP contribution in [-0.2, 0) is 0 Å². The Morgan fingerprint density at radius 3 is 2.53 bits per heavy atom. The lowest BCUT2D eigenvalue weighted by Gasteiger charge is -2.31. The van der Waals surface area contributed by atoms with Crippen LogP contribution in [0, 0.1) is 5.92 Å². The van der Waals surface area contributed by atoms with Gasteiger partial charge in [-0.1, -0.05) is 6.92 Å². The van der Waals surface area contributed by atoms with E-state index in [9.17, 15) is 0 Å². The second kappa shape index (κ2) is 6.86. The first-order valence-corrected chi connectivity index (χ1v) is 7.14. The number of rotatable bonds is 5. The molecule has 7 heteroatoms. The van der Waals surface area contributed by atoms with Gasteiger partial charge >= 0.3 is 0 Å². The van der Waals surface area contributed by atoms with E-state index in [1.54, 1.807) is 7.05 Å². The van der Waals surface area contributed by atoms with Gasteiger partial charge in [-0.2, -0.15) is 15.0 Å². The molecule has 1 fully saturated rings. The summed E-state index contributed by atoms with van der Waals surface area (Å²) in [6.45, 7) is 6.62. The lowest BCUT2D eigenvalue weighted by atomic mass is 9.97. The lowest BCUT2D eigenvalue weighted by Crippen LogP contribution is -2.35. The first-order chi connectivity index (χ1) is 9.21. The summed E-state index contributed by atoms with van der Waals surface area (Å²) in [6, 6.07) is 0. The fraction of sp³-hybridized carbons (Fsp3) is 0.750. The molecule has 1 saturated heterocycles. The van der Waals surface area contributed by atoms with Gasteiger partial charge < -0.3 is 15.5 Å². The molecule has 106 valence electrons. The van der Waals surface area contributed by atoms with Crippen molar-refractivity contribution in [3.63, 3.8) is 0 Å². The van der Waals surface area contributed by atoms with Crippen LogP contribution in [0.25, 0.3) is 0 Å². The number of hydrogen-bond donors (Lipinski definition) is 2. The molecular weight excluding hydrogens is 264 g/mol. The largest absolute Gasteiger partial charge is 0.357 e. The zero-order valence-electron chi connectivity index (χ0n) is 11.5. The Labute approximate surface area is 119 Å². The number of hydrogen-bond acceptors (Lipinski definition) is 6. The Bertz CT molecular complexity index is 405. The molecule has 1 aromatic rings. The van der Waals surface area contributed by atoms with Crippen molar-refractivity contribution in [2.75, 3.05) is 43.9 Å².